The highest BCUT2D eigenvalue weighted by Crippen LogP contribution is 2.25. The molecule has 0 fully saturated rings. The van der Waals surface area contributed by atoms with Gasteiger partial charge in [0.15, 0.2) is 0 Å². The number of nitrogens with zero attached hydrogens (tertiary/aromatic N) is 2. The molecule has 6 nitrogen and oxygen atoms in total. The van der Waals surface area contributed by atoms with Gasteiger partial charge in [-0.15, -0.1) is 0 Å². The molecule has 0 spiro atoms. The molecule has 0 radical (unpaired) electrons. The number of anilines is 1. The number of imidazole rings is 1. The van der Waals surface area contributed by atoms with Crippen molar-refractivity contribution < 1.29 is 9.59 Å². The van der Waals surface area contributed by atoms with Crippen molar-refractivity contribution in [3.8, 4) is 11.4 Å². The van der Waals surface area contributed by atoms with Crippen LogP contribution in [0.2, 0.25) is 0 Å². The Morgan fingerprint density at radius 2 is 1.72 bits per heavy atom. The number of fused-ring (bicyclic) bond motifs is 1. The molecule has 32 heavy (non-hydrogen) atoms. The van der Waals surface area contributed by atoms with Gasteiger partial charge < -0.3 is 15.2 Å². The first-order valence-electron chi connectivity index (χ1n) is 11.3. The maximum absolute atomic E-state index is 12.9. The van der Waals surface area contributed by atoms with E-state index in [2.05, 4.69) is 20.2 Å². The van der Waals surface area contributed by atoms with Gasteiger partial charge in [0.05, 0.1) is 0 Å². The summed E-state index contributed by atoms with van der Waals surface area (Å²) in [6.07, 6.45) is 5.43. The maximum Gasteiger partial charge on any atom is 0.251 e. The molecule has 6 heteroatoms. The van der Waals surface area contributed by atoms with E-state index in [-0.39, 0.29) is 17.7 Å². The van der Waals surface area contributed by atoms with Gasteiger partial charge in [-0.05, 0) is 68.5 Å². The number of hydrogen-bond donors (Lipinski definition) is 2. The van der Waals surface area contributed by atoms with Crippen LogP contribution in [0.25, 0.3) is 11.4 Å². The molecule has 2 aromatic carbocycles. The molecule has 0 bridgehead atoms. The Hall–Kier alpha value is -3.41. The lowest BCUT2D eigenvalue weighted by atomic mass is 10.0. The maximum atomic E-state index is 12.9. The molecule has 0 saturated heterocycles. The van der Waals surface area contributed by atoms with Crippen LogP contribution in [-0.4, -0.2) is 27.4 Å². The normalized spacial score (nSPS) is 14.0. The molecule has 1 atom stereocenters. The summed E-state index contributed by atoms with van der Waals surface area (Å²) in [7, 11) is 0. The second-order valence-corrected chi connectivity index (χ2v) is 8.81. The quantitative estimate of drug-likeness (QED) is 0.601. The molecule has 0 aliphatic carbocycles. The van der Waals surface area contributed by atoms with E-state index >= 15 is 0 Å². The summed E-state index contributed by atoms with van der Waals surface area (Å²) < 4.78 is 2.28. The molecule has 2 heterocycles. The molecular formula is C26H30N4O2. The third kappa shape index (κ3) is 4.74. The van der Waals surface area contributed by atoms with Crippen molar-refractivity contribution in [3.63, 3.8) is 0 Å². The first-order valence-corrected chi connectivity index (χ1v) is 11.3. The van der Waals surface area contributed by atoms with E-state index in [1.807, 2.05) is 63.4 Å². The average molecular weight is 431 g/mol. The smallest absolute Gasteiger partial charge is 0.251 e. The molecule has 2 N–H and O–H groups in total. The zero-order chi connectivity index (χ0) is 22.7. The lowest BCUT2D eigenvalue weighted by Crippen LogP contribution is -2.47. The Labute approximate surface area is 189 Å². The van der Waals surface area contributed by atoms with Crippen LogP contribution in [0.3, 0.4) is 0 Å². The Morgan fingerprint density at radius 1 is 1.00 bits per heavy atom. The fraction of sp³-hybridized carbons (Fsp3) is 0.346. The van der Waals surface area contributed by atoms with Gasteiger partial charge in [0, 0.05) is 35.2 Å². The molecule has 2 amide bonds. The van der Waals surface area contributed by atoms with Gasteiger partial charge in [-0.1, -0.05) is 31.5 Å². The molecule has 3 aromatic rings. The van der Waals surface area contributed by atoms with Gasteiger partial charge in [-0.2, -0.15) is 0 Å². The minimum Gasteiger partial charge on any atom is -0.340 e. The van der Waals surface area contributed by atoms with Gasteiger partial charge in [-0.3, -0.25) is 9.59 Å². The van der Waals surface area contributed by atoms with E-state index < -0.39 is 6.04 Å². The fourth-order valence-corrected chi connectivity index (χ4v) is 4.05. The summed E-state index contributed by atoms with van der Waals surface area (Å²) in [5.74, 6) is 0.438. The minimum absolute atomic E-state index is 0.0555. The predicted octanol–water partition coefficient (Wildman–Crippen LogP) is 4.59. The number of hydrogen-bond acceptors (Lipinski definition) is 3. The van der Waals surface area contributed by atoms with Crippen molar-refractivity contribution in [2.45, 2.75) is 52.6 Å². The second kappa shape index (κ2) is 9.39. The summed E-state index contributed by atoms with van der Waals surface area (Å²) in [4.78, 5) is 30.2. The summed E-state index contributed by atoms with van der Waals surface area (Å²) >= 11 is 0. The Morgan fingerprint density at radius 3 is 2.41 bits per heavy atom. The number of carbonyl (C=O) groups excluding carboxylic acids is 2. The summed E-state index contributed by atoms with van der Waals surface area (Å²) in [6, 6.07) is 14.4. The van der Waals surface area contributed by atoms with Crippen LogP contribution in [0.4, 0.5) is 5.69 Å². The fourth-order valence-electron chi connectivity index (χ4n) is 4.05. The number of amides is 2. The van der Waals surface area contributed by atoms with E-state index in [9.17, 15) is 9.59 Å². The topological polar surface area (TPSA) is 76.0 Å². The molecule has 1 aliphatic rings. The van der Waals surface area contributed by atoms with Crippen molar-refractivity contribution in [1.82, 2.24) is 14.9 Å². The van der Waals surface area contributed by atoms with Crippen molar-refractivity contribution in [1.29, 1.82) is 0 Å². The number of rotatable bonds is 6. The SMILES string of the molecule is Cc1ccc(C(=O)NC(C(=O)Nc2ccc(-c3ncc4n3CCCC4)cc2)C(C)C)cc1. The monoisotopic (exact) mass is 430 g/mol. The third-order valence-corrected chi connectivity index (χ3v) is 5.96. The Balaban J connectivity index is 1.44. The lowest BCUT2D eigenvalue weighted by Gasteiger charge is -2.22. The highest BCUT2D eigenvalue weighted by molar-refractivity contribution is 6.01. The van der Waals surface area contributed by atoms with Crippen LogP contribution < -0.4 is 10.6 Å². The number of nitrogens with one attached hydrogen (secondary N) is 2. The molecule has 166 valence electrons. The number of benzene rings is 2. The van der Waals surface area contributed by atoms with E-state index in [1.165, 1.54) is 18.5 Å². The zero-order valence-electron chi connectivity index (χ0n) is 18.9. The summed E-state index contributed by atoms with van der Waals surface area (Å²) in [5, 5.41) is 5.82. The van der Waals surface area contributed by atoms with Gasteiger partial charge in [0.25, 0.3) is 5.91 Å². The molecule has 4 rings (SSSR count). The van der Waals surface area contributed by atoms with Crippen molar-refractivity contribution >= 4 is 17.5 Å². The minimum atomic E-state index is -0.636. The van der Waals surface area contributed by atoms with E-state index in [1.54, 1.807) is 12.1 Å². The van der Waals surface area contributed by atoms with Gasteiger partial charge in [0.2, 0.25) is 5.91 Å². The number of carbonyl (C=O) groups is 2. The second-order valence-electron chi connectivity index (χ2n) is 8.81. The third-order valence-electron chi connectivity index (χ3n) is 5.96. The standard InChI is InChI=1S/C26H30N4O2/c1-17(2)23(29-25(31)20-9-7-18(3)8-10-20)26(32)28-21-13-11-19(12-14-21)24-27-16-22-6-4-5-15-30(22)24/h7-14,16-17,23H,4-6,15H2,1-3H3,(H,28,32)(H,29,31). The van der Waals surface area contributed by atoms with Crippen LogP contribution in [-0.2, 0) is 17.8 Å². The first-order chi connectivity index (χ1) is 15.4. The van der Waals surface area contributed by atoms with Crippen LogP contribution in [0, 0.1) is 12.8 Å². The predicted molar refractivity (Wildman–Crippen MR) is 127 cm³/mol. The molecule has 1 aromatic heterocycles. The number of aryl methyl sites for hydroxylation is 2. The average Bonchev–Trinajstić information content (AvgIpc) is 3.22. The first kappa shape index (κ1) is 21.8. The highest BCUT2D eigenvalue weighted by atomic mass is 16.2. The summed E-state index contributed by atoms with van der Waals surface area (Å²) in [5.41, 5.74) is 4.64. The molecule has 1 unspecified atom stereocenters. The molecular weight excluding hydrogens is 400 g/mol. The largest absolute Gasteiger partial charge is 0.340 e. The van der Waals surface area contributed by atoms with Gasteiger partial charge in [0.1, 0.15) is 11.9 Å². The van der Waals surface area contributed by atoms with E-state index in [0.717, 1.165) is 29.9 Å². The zero-order valence-corrected chi connectivity index (χ0v) is 18.9. The highest BCUT2D eigenvalue weighted by Gasteiger charge is 2.25. The molecule has 0 saturated carbocycles. The van der Waals surface area contributed by atoms with Crippen LogP contribution in [0.1, 0.15) is 48.3 Å². The molecule has 1 aliphatic heterocycles. The van der Waals surface area contributed by atoms with Crippen molar-refractivity contribution in [2.24, 2.45) is 5.92 Å². The Bertz CT molecular complexity index is 1100. The van der Waals surface area contributed by atoms with E-state index in [0.29, 0.717) is 11.3 Å². The van der Waals surface area contributed by atoms with Crippen molar-refractivity contribution in [3.05, 3.63) is 71.5 Å². The Kier molecular flexibility index (Phi) is 6.40. The van der Waals surface area contributed by atoms with Crippen LogP contribution >= 0.6 is 0 Å². The van der Waals surface area contributed by atoms with E-state index in [4.69, 9.17) is 0 Å². The van der Waals surface area contributed by atoms with Crippen molar-refractivity contribution in [2.75, 3.05) is 5.32 Å². The lowest BCUT2D eigenvalue weighted by molar-refractivity contribution is -0.118. The summed E-state index contributed by atoms with van der Waals surface area (Å²) in [6.45, 7) is 6.81. The van der Waals surface area contributed by atoms with Crippen LogP contribution in [0.5, 0.6) is 0 Å². The van der Waals surface area contributed by atoms with Gasteiger partial charge >= 0.3 is 0 Å². The van der Waals surface area contributed by atoms with Gasteiger partial charge in [-0.25, -0.2) is 4.98 Å². The number of aromatic nitrogens is 2. The van der Waals surface area contributed by atoms with Crippen LogP contribution in [0.15, 0.2) is 54.7 Å².